The van der Waals surface area contributed by atoms with Gasteiger partial charge in [0.05, 0.1) is 0 Å². The Morgan fingerprint density at radius 2 is 1.91 bits per heavy atom. The number of hydrogen-bond donors (Lipinski definition) is 1. The van der Waals surface area contributed by atoms with Crippen LogP contribution in [0.2, 0.25) is 0 Å². The Morgan fingerprint density at radius 3 is 2.27 bits per heavy atom. The second-order valence-corrected chi connectivity index (χ2v) is 3.97. The number of allylic oxidation sites excluding steroid dienone is 4. The van der Waals surface area contributed by atoms with Crippen molar-refractivity contribution in [3.05, 3.63) is 23.8 Å². The smallest absolute Gasteiger partial charge is 0.0351 e. The maximum Gasteiger partial charge on any atom is 0.0351 e. The second-order valence-electron chi connectivity index (χ2n) is 3.97. The molecule has 1 aliphatic rings. The molecule has 0 aromatic heterocycles. The maximum atomic E-state index is 7.35. The Kier molecular flexibility index (Phi) is 1.99. The average Bonchev–Trinajstić information content (AvgIpc) is 1.86. The summed E-state index contributed by atoms with van der Waals surface area (Å²) < 4.78 is 0. The lowest BCUT2D eigenvalue weighted by atomic mass is 9.83. The van der Waals surface area contributed by atoms with Crippen LogP contribution in [0.3, 0.4) is 0 Å². The zero-order valence-electron chi connectivity index (χ0n) is 7.44. The van der Waals surface area contributed by atoms with Crippen LogP contribution in [0.15, 0.2) is 23.8 Å². The van der Waals surface area contributed by atoms with Crippen LogP contribution in [-0.4, -0.2) is 5.71 Å². The summed E-state index contributed by atoms with van der Waals surface area (Å²) >= 11 is 0. The van der Waals surface area contributed by atoms with Gasteiger partial charge in [-0.2, -0.15) is 0 Å². The van der Waals surface area contributed by atoms with Gasteiger partial charge in [0, 0.05) is 12.1 Å². The van der Waals surface area contributed by atoms with E-state index in [2.05, 4.69) is 26.8 Å². The van der Waals surface area contributed by atoms with Crippen LogP contribution in [0.1, 0.15) is 27.2 Å². The number of hydrogen-bond acceptors (Lipinski definition) is 1. The standard InChI is InChI=1S/C10H15N/c1-10(2,3)8-4-6-9(11)7-5-8/h4-6,11H,7H2,1-3H3. The Labute approximate surface area is 68.3 Å². The highest BCUT2D eigenvalue weighted by atomic mass is 14.4. The highest BCUT2D eigenvalue weighted by Crippen LogP contribution is 2.28. The van der Waals surface area contributed by atoms with Gasteiger partial charge >= 0.3 is 0 Å². The molecule has 0 unspecified atom stereocenters. The van der Waals surface area contributed by atoms with E-state index < -0.39 is 0 Å². The molecule has 1 N–H and O–H groups in total. The molecule has 0 fully saturated rings. The lowest BCUT2D eigenvalue weighted by Crippen LogP contribution is -2.10. The summed E-state index contributed by atoms with van der Waals surface area (Å²) in [5.74, 6) is 0. The Balaban J connectivity index is 2.79. The molecule has 0 atom stereocenters. The van der Waals surface area contributed by atoms with Crippen molar-refractivity contribution in [1.82, 2.24) is 0 Å². The lowest BCUT2D eigenvalue weighted by Gasteiger charge is -2.22. The largest absolute Gasteiger partial charge is 0.305 e. The van der Waals surface area contributed by atoms with Gasteiger partial charge in [-0.15, -0.1) is 0 Å². The van der Waals surface area contributed by atoms with E-state index in [1.807, 2.05) is 12.2 Å². The van der Waals surface area contributed by atoms with Crippen LogP contribution in [0.4, 0.5) is 0 Å². The van der Waals surface area contributed by atoms with E-state index in [0.717, 1.165) is 6.42 Å². The molecule has 0 bridgehead atoms. The van der Waals surface area contributed by atoms with Gasteiger partial charge in [0.25, 0.3) is 0 Å². The molecule has 0 spiro atoms. The van der Waals surface area contributed by atoms with E-state index in [1.54, 1.807) is 0 Å². The molecule has 0 aromatic rings. The Hall–Kier alpha value is -0.850. The third-order valence-electron chi connectivity index (χ3n) is 1.87. The van der Waals surface area contributed by atoms with Gasteiger partial charge in [0.1, 0.15) is 0 Å². The van der Waals surface area contributed by atoms with Crippen LogP contribution in [0, 0.1) is 10.8 Å². The summed E-state index contributed by atoms with van der Waals surface area (Å²) in [6.45, 7) is 6.58. The monoisotopic (exact) mass is 149 g/mol. The van der Waals surface area contributed by atoms with Gasteiger partial charge in [-0.1, -0.05) is 32.9 Å². The first-order chi connectivity index (χ1) is 5.00. The first-order valence-corrected chi connectivity index (χ1v) is 3.96. The molecule has 11 heavy (non-hydrogen) atoms. The Bertz CT molecular complexity index is 226. The summed E-state index contributed by atoms with van der Waals surface area (Å²) in [5, 5.41) is 7.35. The summed E-state index contributed by atoms with van der Waals surface area (Å²) in [7, 11) is 0. The zero-order valence-corrected chi connectivity index (χ0v) is 7.44. The first kappa shape index (κ1) is 8.25. The minimum Gasteiger partial charge on any atom is -0.305 e. The van der Waals surface area contributed by atoms with E-state index in [1.165, 1.54) is 5.57 Å². The summed E-state index contributed by atoms with van der Waals surface area (Å²) in [6, 6.07) is 0. The van der Waals surface area contributed by atoms with Crippen LogP contribution in [-0.2, 0) is 0 Å². The molecule has 0 saturated heterocycles. The maximum absolute atomic E-state index is 7.35. The predicted octanol–water partition coefficient (Wildman–Crippen LogP) is 2.94. The molecule has 60 valence electrons. The Morgan fingerprint density at radius 1 is 1.27 bits per heavy atom. The van der Waals surface area contributed by atoms with E-state index in [4.69, 9.17) is 5.41 Å². The van der Waals surface area contributed by atoms with Crippen LogP contribution >= 0.6 is 0 Å². The molecule has 1 nitrogen and oxygen atoms in total. The van der Waals surface area contributed by atoms with Gasteiger partial charge in [-0.3, -0.25) is 0 Å². The van der Waals surface area contributed by atoms with Crippen molar-refractivity contribution in [3.8, 4) is 0 Å². The molecular weight excluding hydrogens is 134 g/mol. The molecule has 1 aliphatic carbocycles. The first-order valence-electron chi connectivity index (χ1n) is 3.96. The topological polar surface area (TPSA) is 23.9 Å². The summed E-state index contributed by atoms with van der Waals surface area (Å²) in [4.78, 5) is 0. The lowest BCUT2D eigenvalue weighted by molar-refractivity contribution is 0.515. The number of nitrogens with one attached hydrogen (secondary N) is 1. The van der Waals surface area contributed by atoms with Crippen molar-refractivity contribution < 1.29 is 0 Å². The van der Waals surface area contributed by atoms with E-state index >= 15 is 0 Å². The molecule has 0 heterocycles. The van der Waals surface area contributed by atoms with Crippen LogP contribution in [0.5, 0.6) is 0 Å². The van der Waals surface area contributed by atoms with E-state index in [-0.39, 0.29) is 5.41 Å². The normalized spacial score (nSPS) is 18.5. The minimum atomic E-state index is 0.233. The van der Waals surface area contributed by atoms with Crippen molar-refractivity contribution in [2.24, 2.45) is 5.41 Å². The SMILES string of the molecule is CC(C)(C)C1=CCC(=N)C=C1. The second kappa shape index (κ2) is 2.65. The predicted molar refractivity (Wildman–Crippen MR) is 49.0 cm³/mol. The molecule has 0 aromatic carbocycles. The minimum absolute atomic E-state index is 0.233. The quantitative estimate of drug-likeness (QED) is 0.547. The van der Waals surface area contributed by atoms with Crippen molar-refractivity contribution >= 4 is 5.71 Å². The fraction of sp³-hybridized carbons (Fsp3) is 0.500. The third kappa shape index (κ3) is 2.04. The molecule has 0 saturated carbocycles. The molecular formula is C10H15N. The van der Waals surface area contributed by atoms with Gasteiger partial charge in [-0.25, -0.2) is 0 Å². The fourth-order valence-corrected chi connectivity index (χ4v) is 1.10. The highest BCUT2D eigenvalue weighted by molar-refractivity contribution is 5.95. The van der Waals surface area contributed by atoms with Crippen LogP contribution in [0.25, 0.3) is 0 Å². The third-order valence-corrected chi connectivity index (χ3v) is 1.87. The van der Waals surface area contributed by atoms with Gasteiger partial charge in [0.15, 0.2) is 0 Å². The van der Waals surface area contributed by atoms with Crippen molar-refractivity contribution in [2.75, 3.05) is 0 Å². The molecule has 0 amide bonds. The van der Waals surface area contributed by atoms with Gasteiger partial charge in [0.2, 0.25) is 0 Å². The number of rotatable bonds is 0. The van der Waals surface area contributed by atoms with Gasteiger partial charge < -0.3 is 5.41 Å². The van der Waals surface area contributed by atoms with Crippen LogP contribution < -0.4 is 0 Å². The summed E-state index contributed by atoms with van der Waals surface area (Å²) in [6.07, 6.45) is 6.87. The van der Waals surface area contributed by atoms with E-state index in [9.17, 15) is 0 Å². The van der Waals surface area contributed by atoms with Crippen molar-refractivity contribution in [3.63, 3.8) is 0 Å². The van der Waals surface area contributed by atoms with E-state index in [0.29, 0.717) is 5.71 Å². The molecule has 0 radical (unpaired) electrons. The molecule has 1 rings (SSSR count). The van der Waals surface area contributed by atoms with Gasteiger partial charge in [-0.05, 0) is 17.1 Å². The fourth-order valence-electron chi connectivity index (χ4n) is 1.10. The average molecular weight is 149 g/mol. The summed E-state index contributed by atoms with van der Waals surface area (Å²) in [5.41, 5.74) is 2.28. The molecule has 0 aliphatic heterocycles. The van der Waals surface area contributed by atoms with Crippen molar-refractivity contribution in [2.45, 2.75) is 27.2 Å². The van der Waals surface area contributed by atoms with Crippen molar-refractivity contribution in [1.29, 1.82) is 5.41 Å². The highest BCUT2D eigenvalue weighted by Gasteiger charge is 2.15. The zero-order chi connectivity index (χ0) is 8.48. The molecule has 1 heteroatoms.